The highest BCUT2D eigenvalue weighted by Gasteiger charge is 2.09. The van der Waals surface area contributed by atoms with E-state index in [0.717, 1.165) is 18.5 Å². The molecule has 0 radical (unpaired) electrons. The first kappa shape index (κ1) is 24.9. The summed E-state index contributed by atoms with van der Waals surface area (Å²) in [6, 6.07) is 7.71. The molecule has 0 aliphatic carbocycles. The number of carbonyl (C=O) groups excluding carboxylic acids is 1. The van der Waals surface area contributed by atoms with Crippen LogP contribution in [0, 0.1) is 0 Å². The largest absolute Gasteiger partial charge is 0.382 e. The third-order valence-corrected chi connectivity index (χ3v) is 3.72. The molecule has 0 heterocycles. The zero-order chi connectivity index (χ0) is 18.7. The van der Waals surface area contributed by atoms with E-state index in [1.165, 1.54) is 4.90 Å². The second kappa shape index (κ2) is 14.1. The summed E-state index contributed by atoms with van der Waals surface area (Å²) >= 11 is 6.05. The van der Waals surface area contributed by atoms with Crippen molar-refractivity contribution < 1.29 is 9.53 Å². The third-order valence-electron chi connectivity index (χ3n) is 3.49. The van der Waals surface area contributed by atoms with E-state index in [2.05, 4.69) is 10.3 Å². The number of rotatable bonds is 9. The van der Waals surface area contributed by atoms with Gasteiger partial charge in [-0.2, -0.15) is 0 Å². The first-order valence-corrected chi connectivity index (χ1v) is 8.83. The van der Waals surface area contributed by atoms with Gasteiger partial charge in [-0.25, -0.2) is 4.99 Å². The summed E-state index contributed by atoms with van der Waals surface area (Å²) in [6.45, 7) is 4.88. The highest BCUT2D eigenvalue weighted by molar-refractivity contribution is 14.0. The van der Waals surface area contributed by atoms with Gasteiger partial charge >= 0.3 is 0 Å². The topological polar surface area (TPSA) is 57.2 Å². The number of halogens is 2. The van der Waals surface area contributed by atoms with Gasteiger partial charge in [-0.05, 0) is 31.0 Å². The Morgan fingerprint density at radius 2 is 2.04 bits per heavy atom. The van der Waals surface area contributed by atoms with Crippen LogP contribution in [0.4, 0.5) is 0 Å². The Bertz CT molecular complexity index is 570. The van der Waals surface area contributed by atoms with Gasteiger partial charge in [0.05, 0.1) is 0 Å². The summed E-state index contributed by atoms with van der Waals surface area (Å²) in [7, 11) is 5.39. The molecular formula is C18H30ClIN4O2. The molecule has 6 nitrogen and oxygen atoms in total. The van der Waals surface area contributed by atoms with Crippen LogP contribution in [0.3, 0.4) is 0 Å². The number of hydrogen-bond acceptors (Lipinski definition) is 3. The molecule has 1 rings (SSSR count). The number of nitrogens with zero attached hydrogens (tertiary/aromatic N) is 3. The SMILES string of the molecule is CCOCCCNC(=NCC(=O)N(C)C)N(C)Cc1cccc(Cl)c1.I. The molecule has 8 heteroatoms. The van der Waals surface area contributed by atoms with Gasteiger partial charge in [-0.1, -0.05) is 23.7 Å². The predicted octanol–water partition coefficient (Wildman–Crippen LogP) is 2.85. The molecule has 1 aromatic carbocycles. The van der Waals surface area contributed by atoms with Gasteiger partial charge < -0.3 is 19.9 Å². The predicted molar refractivity (Wildman–Crippen MR) is 118 cm³/mol. The van der Waals surface area contributed by atoms with Gasteiger partial charge in [0, 0.05) is 52.5 Å². The monoisotopic (exact) mass is 496 g/mol. The van der Waals surface area contributed by atoms with Crippen LogP contribution >= 0.6 is 35.6 Å². The molecule has 0 aliphatic heterocycles. The van der Waals surface area contributed by atoms with Crippen LogP contribution in [0.1, 0.15) is 18.9 Å². The molecule has 0 spiro atoms. The lowest BCUT2D eigenvalue weighted by Gasteiger charge is -2.23. The minimum Gasteiger partial charge on any atom is -0.382 e. The number of amides is 1. The van der Waals surface area contributed by atoms with Crippen molar-refractivity contribution in [3.05, 3.63) is 34.9 Å². The normalized spacial score (nSPS) is 10.9. The molecule has 0 aliphatic rings. The molecule has 148 valence electrons. The lowest BCUT2D eigenvalue weighted by Crippen LogP contribution is -2.40. The van der Waals surface area contributed by atoms with Gasteiger partial charge in [-0.15, -0.1) is 24.0 Å². The van der Waals surface area contributed by atoms with Gasteiger partial charge in [0.2, 0.25) is 5.91 Å². The first-order chi connectivity index (χ1) is 11.9. The second-order valence-electron chi connectivity index (χ2n) is 5.89. The van der Waals surface area contributed by atoms with Crippen molar-refractivity contribution in [3.63, 3.8) is 0 Å². The van der Waals surface area contributed by atoms with Crippen LogP contribution in [0.5, 0.6) is 0 Å². The van der Waals surface area contributed by atoms with E-state index < -0.39 is 0 Å². The Hall–Kier alpha value is -1.06. The Kier molecular flexibility index (Phi) is 13.5. The molecule has 0 fully saturated rings. The van der Waals surface area contributed by atoms with E-state index in [-0.39, 0.29) is 36.4 Å². The van der Waals surface area contributed by atoms with Crippen LogP contribution < -0.4 is 5.32 Å². The molecule has 1 N–H and O–H groups in total. The number of nitrogens with one attached hydrogen (secondary N) is 1. The molecule has 26 heavy (non-hydrogen) atoms. The minimum atomic E-state index is -0.0372. The summed E-state index contributed by atoms with van der Waals surface area (Å²) in [6.07, 6.45) is 0.874. The molecule has 0 bridgehead atoms. The second-order valence-corrected chi connectivity index (χ2v) is 6.33. The van der Waals surface area contributed by atoms with Crippen molar-refractivity contribution in [2.45, 2.75) is 19.9 Å². The number of hydrogen-bond donors (Lipinski definition) is 1. The number of carbonyl (C=O) groups is 1. The van der Waals surface area contributed by atoms with Crippen LogP contribution in [0.25, 0.3) is 0 Å². The molecular weight excluding hydrogens is 467 g/mol. The van der Waals surface area contributed by atoms with Crippen molar-refractivity contribution in [2.24, 2.45) is 4.99 Å². The molecule has 1 amide bonds. The van der Waals surface area contributed by atoms with Gasteiger partial charge in [0.25, 0.3) is 0 Å². The van der Waals surface area contributed by atoms with Crippen molar-refractivity contribution in [2.75, 3.05) is 47.4 Å². The fraction of sp³-hybridized carbons (Fsp3) is 0.556. The highest BCUT2D eigenvalue weighted by Crippen LogP contribution is 2.12. The Morgan fingerprint density at radius 3 is 2.65 bits per heavy atom. The molecule has 1 aromatic rings. The summed E-state index contributed by atoms with van der Waals surface area (Å²) in [5.74, 6) is 0.649. The van der Waals surface area contributed by atoms with Crippen molar-refractivity contribution >= 4 is 47.4 Å². The van der Waals surface area contributed by atoms with E-state index in [4.69, 9.17) is 16.3 Å². The number of likely N-dealkylation sites (N-methyl/N-ethyl adjacent to an activating group) is 1. The van der Waals surface area contributed by atoms with Crippen molar-refractivity contribution in [1.82, 2.24) is 15.1 Å². The van der Waals surface area contributed by atoms with Crippen LogP contribution in [0.2, 0.25) is 5.02 Å². The standard InChI is InChI=1S/C18H29ClN4O2.HI/c1-5-25-11-7-10-20-18(21-13-17(24)22(2)3)23(4)14-15-8-6-9-16(19)12-15;/h6,8-9,12H,5,7,10-11,13-14H2,1-4H3,(H,20,21);1H. The van der Waals surface area contributed by atoms with Gasteiger partial charge in [0.15, 0.2) is 5.96 Å². The third kappa shape index (κ3) is 10.2. The van der Waals surface area contributed by atoms with E-state index in [0.29, 0.717) is 30.7 Å². The highest BCUT2D eigenvalue weighted by atomic mass is 127. The minimum absolute atomic E-state index is 0. The zero-order valence-corrected chi connectivity index (χ0v) is 19.1. The fourth-order valence-corrected chi connectivity index (χ4v) is 2.31. The lowest BCUT2D eigenvalue weighted by atomic mass is 10.2. The smallest absolute Gasteiger partial charge is 0.243 e. The molecule has 0 saturated heterocycles. The number of aliphatic imine (C=N–C) groups is 1. The average molecular weight is 497 g/mol. The molecule has 0 saturated carbocycles. The maximum atomic E-state index is 11.8. The van der Waals surface area contributed by atoms with E-state index in [1.807, 2.05) is 43.1 Å². The lowest BCUT2D eigenvalue weighted by molar-refractivity contribution is -0.127. The van der Waals surface area contributed by atoms with Crippen LogP contribution in [-0.2, 0) is 16.1 Å². The van der Waals surface area contributed by atoms with Crippen molar-refractivity contribution in [1.29, 1.82) is 0 Å². The summed E-state index contributed by atoms with van der Waals surface area (Å²) in [5, 5.41) is 4.01. The quantitative estimate of drug-likeness (QED) is 0.247. The fourth-order valence-electron chi connectivity index (χ4n) is 2.10. The average Bonchev–Trinajstić information content (AvgIpc) is 2.56. The molecule has 0 atom stereocenters. The van der Waals surface area contributed by atoms with Gasteiger partial charge in [0.1, 0.15) is 6.54 Å². The summed E-state index contributed by atoms with van der Waals surface area (Å²) < 4.78 is 5.35. The maximum Gasteiger partial charge on any atom is 0.243 e. The number of benzene rings is 1. The Morgan fingerprint density at radius 1 is 1.31 bits per heavy atom. The number of ether oxygens (including phenoxy) is 1. The van der Waals surface area contributed by atoms with Crippen LogP contribution in [0.15, 0.2) is 29.3 Å². The Labute approximate surface area is 178 Å². The van der Waals surface area contributed by atoms with E-state index >= 15 is 0 Å². The summed E-state index contributed by atoms with van der Waals surface area (Å²) in [4.78, 5) is 19.8. The van der Waals surface area contributed by atoms with Crippen LogP contribution in [-0.4, -0.2) is 69.1 Å². The maximum absolute atomic E-state index is 11.8. The number of guanidine groups is 1. The van der Waals surface area contributed by atoms with Gasteiger partial charge in [-0.3, -0.25) is 4.79 Å². The Balaban J connectivity index is 0.00000625. The zero-order valence-electron chi connectivity index (χ0n) is 16.0. The van der Waals surface area contributed by atoms with Crippen molar-refractivity contribution in [3.8, 4) is 0 Å². The summed E-state index contributed by atoms with van der Waals surface area (Å²) in [5.41, 5.74) is 1.08. The molecule has 0 unspecified atom stereocenters. The van der Waals surface area contributed by atoms with E-state index in [1.54, 1.807) is 14.1 Å². The first-order valence-electron chi connectivity index (χ1n) is 8.45. The van der Waals surface area contributed by atoms with E-state index in [9.17, 15) is 4.79 Å². The molecule has 0 aromatic heterocycles.